The lowest BCUT2D eigenvalue weighted by atomic mass is 10.1. The second-order valence-electron chi connectivity index (χ2n) is 5.08. The highest BCUT2D eigenvalue weighted by molar-refractivity contribution is 7.07. The zero-order valence-corrected chi connectivity index (χ0v) is 14.6. The second-order valence-corrected chi connectivity index (χ2v) is 5.80. The van der Waals surface area contributed by atoms with Crippen LogP contribution in [0, 0.1) is 10.1 Å². The number of amides is 1. The molecule has 1 aromatic carbocycles. The molecule has 0 aliphatic carbocycles. The molecule has 2 aromatic rings. The molecule has 0 bridgehead atoms. The van der Waals surface area contributed by atoms with Gasteiger partial charge in [-0.15, -0.1) is 11.3 Å². The lowest BCUT2D eigenvalue weighted by Crippen LogP contribution is -2.38. The third-order valence-corrected chi connectivity index (χ3v) is 3.94. The van der Waals surface area contributed by atoms with Gasteiger partial charge in [-0.25, -0.2) is 4.98 Å². The minimum absolute atomic E-state index is 0.0648. The Morgan fingerprint density at radius 2 is 2.15 bits per heavy atom. The summed E-state index contributed by atoms with van der Waals surface area (Å²) in [5.74, 6) is -2.01. The first-order valence-corrected chi connectivity index (χ1v) is 8.17. The topological polar surface area (TPSA) is 141 Å². The minimum Gasteiger partial charge on any atom is -0.493 e. The van der Waals surface area contributed by atoms with Crippen molar-refractivity contribution < 1.29 is 29.1 Å². The van der Waals surface area contributed by atoms with Crippen LogP contribution >= 0.6 is 11.3 Å². The highest BCUT2D eigenvalue weighted by atomic mass is 32.1. The molecule has 11 heteroatoms. The molecule has 1 aromatic heterocycles. The van der Waals surface area contributed by atoms with Crippen LogP contribution in [-0.2, 0) is 11.4 Å². The first-order valence-electron chi connectivity index (χ1n) is 7.23. The standard InChI is InChI=1S/C15H15N3O7S/c1-8(15(20)21)17-14(19)10-3-12(24-2)13(4-11(10)18(22)23)25-5-9-6-26-7-16-9/h3-4,6-8H,5H2,1-2H3,(H,17,19)(H,20,21). The molecule has 0 radical (unpaired) electrons. The van der Waals surface area contributed by atoms with Gasteiger partial charge in [0.1, 0.15) is 18.2 Å². The number of carbonyl (C=O) groups is 2. The van der Waals surface area contributed by atoms with E-state index in [9.17, 15) is 19.7 Å². The summed E-state index contributed by atoms with van der Waals surface area (Å²) in [6, 6.07) is 0.984. The maximum absolute atomic E-state index is 12.2. The fourth-order valence-corrected chi connectivity index (χ4v) is 2.49. The zero-order chi connectivity index (χ0) is 19.3. The number of carbonyl (C=O) groups excluding carboxylic acids is 1. The molecule has 0 spiro atoms. The highest BCUT2D eigenvalue weighted by Crippen LogP contribution is 2.35. The van der Waals surface area contributed by atoms with Gasteiger partial charge in [0, 0.05) is 11.4 Å². The van der Waals surface area contributed by atoms with Crippen molar-refractivity contribution in [1.29, 1.82) is 0 Å². The van der Waals surface area contributed by atoms with Crippen LogP contribution < -0.4 is 14.8 Å². The SMILES string of the molecule is COc1cc(C(=O)NC(C)C(=O)O)c([N+](=O)[O-])cc1OCc1cscn1. The Morgan fingerprint density at radius 1 is 1.42 bits per heavy atom. The van der Waals surface area contributed by atoms with Gasteiger partial charge in [0.15, 0.2) is 11.5 Å². The van der Waals surface area contributed by atoms with Crippen LogP contribution in [0.2, 0.25) is 0 Å². The van der Waals surface area contributed by atoms with Gasteiger partial charge in [0.25, 0.3) is 11.6 Å². The molecular weight excluding hydrogens is 366 g/mol. The summed E-state index contributed by atoms with van der Waals surface area (Å²) in [5, 5.41) is 24.1. The van der Waals surface area contributed by atoms with Crippen LogP contribution in [0.4, 0.5) is 5.69 Å². The molecule has 0 aliphatic heterocycles. The van der Waals surface area contributed by atoms with E-state index in [1.54, 1.807) is 10.9 Å². The summed E-state index contributed by atoms with van der Waals surface area (Å²) in [6.45, 7) is 1.31. The number of aliphatic carboxylic acids is 1. The first kappa shape index (κ1) is 19.1. The number of hydrogen-bond donors (Lipinski definition) is 2. The third kappa shape index (κ3) is 4.45. The van der Waals surface area contributed by atoms with E-state index >= 15 is 0 Å². The summed E-state index contributed by atoms with van der Waals surface area (Å²) in [7, 11) is 1.32. The van der Waals surface area contributed by atoms with E-state index in [0.717, 1.165) is 12.1 Å². The number of nitrogens with one attached hydrogen (secondary N) is 1. The Kier molecular flexibility index (Phi) is 6.07. The van der Waals surface area contributed by atoms with Gasteiger partial charge in [0.2, 0.25) is 0 Å². The number of methoxy groups -OCH3 is 1. The number of carboxylic acids is 1. The zero-order valence-electron chi connectivity index (χ0n) is 13.8. The number of rotatable bonds is 8. The van der Waals surface area contributed by atoms with E-state index in [1.807, 2.05) is 0 Å². The molecule has 1 atom stereocenters. The monoisotopic (exact) mass is 381 g/mol. The maximum atomic E-state index is 12.2. The average Bonchev–Trinajstić information content (AvgIpc) is 3.12. The Hall–Kier alpha value is -3.21. The molecule has 138 valence electrons. The second kappa shape index (κ2) is 8.25. The summed E-state index contributed by atoms with van der Waals surface area (Å²) in [6.07, 6.45) is 0. The largest absolute Gasteiger partial charge is 0.493 e. The van der Waals surface area contributed by atoms with E-state index in [4.69, 9.17) is 14.6 Å². The molecule has 1 heterocycles. The summed E-state index contributed by atoms with van der Waals surface area (Å²) < 4.78 is 10.6. The number of thiazole rings is 1. The fraction of sp³-hybridized carbons (Fsp3) is 0.267. The number of hydrogen-bond acceptors (Lipinski definition) is 8. The fourth-order valence-electron chi connectivity index (χ4n) is 1.95. The number of nitro groups is 1. The van der Waals surface area contributed by atoms with Gasteiger partial charge in [-0.1, -0.05) is 0 Å². The molecule has 0 fully saturated rings. The van der Waals surface area contributed by atoms with E-state index in [2.05, 4.69) is 10.3 Å². The first-order chi connectivity index (χ1) is 12.3. The molecule has 10 nitrogen and oxygen atoms in total. The van der Waals surface area contributed by atoms with E-state index in [0.29, 0.717) is 5.69 Å². The van der Waals surface area contributed by atoms with E-state index in [1.165, 1.54) is 25.4 Å². The Labute approximate surface area is 151 Å². The van der Waals surface area contributed by atoms with Crippen molar-refractivity contribution in [3.63, 3.8) is 0 Å². The molecule has 2 N–H and O–H groups in total. The summed E-state index contributed by atoms with van der Waals surface area (Å²) >= 11 is 1.38. The van der Waals surface area contributed by atoms with Gasteiger partial charge in [-0.2, -0.15) is 0 Å². The molecular formula is C15H15N3O7S. The van der Waals surface area contributed by atoms with Crippen LogP contribution in [-0.4, -0.2) is 40.0 Å². The third-order valence-electron chi connectivity index (χ3n) is 3.30. The van der Waals surface area contributed by atoms with Gasteiger partial charge in [-0.3, -0.25) is 19.7 Å². The van der Waals surface area contributed by atoms with Crippen molar-refractivity contribution in [2.45, 2.75) is 19.6 Å². The normalized spacial score (nSPS) is 11.5. The van der Waals surface area contributed by atoms with Crippen molar-refractivity contribution in [3.8, 4) is 11.5 Å². The van der Waals surface area contributed by atoms with Crippen LogP contribution in [0.25, 0.3) is 0 Å². The van der Waals surface area contributed by atoms with Crippen molar-refractivity contribution in [1.82, 2.24) is 10.3 Å². The number of aromatic nitrogens is 1. The van der Waals surface area contributed by atoms with Crippen LogP contribution in [0.1, 0.15) is 23.0 Å². The lowest BCUT2D eigenvalue weighted by Gasteiger charge is -2.13. The van der Waals surface area contributed by atoms with Gasteiger partial charge < -0.3 is 19.9 Å². The molecule has 2 rings (SSSR count). The van der Waals surface area contributed by atoms with Crippen LogP contribution in [0.5, 0.6) is 11.5 Å². The molecule has 0 aliphatic rings. The molecule has 26 heavy (non-hydrogen) atoms. The molecule has 0 saturated carbocycles. The number of ether oxygens (including phenoxy) is 2. The smallest absolute Gasteiger partial charge is 0.325 e. The van der Waals surface area contributed by atoms with Crippen molar-refractivity contribution in [2.75, 3.05) is 7.11 Å². The summed E-state index contributed by atoms with van der Waals surface area (Å²) in [4.78, 5) is 37.7. The van der Waals surface area contributed by atoms with Crippen molar-refractivity contribution >= 4 is 28.9 Å². The lowest BCUT2D eigenvalue weighted by molar-refractivity contribution is -0.385. The predicted molar refractivity (Wildman–Crippen MR) is 90.7 cm³/mol. The molecule has 1 unspecified atom stereocenters. The average molecular weight is 381 g/mol. The van der Waals surface area contributed by atoms with Gasteiger partial charge in [-0.05, 0) is 6.92 Å². The van der Waals surface area contributed by atoms with Crippen molar-refractivity contribution in [2.24, 2.45) is 0 Å². The van der Waals surface area contributed by atoms with E-state index < -0.39 is 28.5 Å². The quantitative estimate of drug-likeness (QED) is 0.521. The van der Waals surface area contributed by atoms with Gasteiger partial charge >= 0.3 is 5.97 Å². The predicted octanol–water partition coefficient (Wildman–Crippen LogP) is 1.84. The maximum Gasteiger partial charge on any atom is 0.325 e. The van der Waals surface area contributed by atoms with Gasteiger partial charge in [0.05, 0.1) is 29.3 Å². The Morgan fingerprint density at radius 3 is 2.69 bits per heavy atom. The number of benzene rings is 1. The van der Waals surface area contributed by atoms with Crippen LogP contribution in [0.3, 0.4) is 0 Å². The molecule has 0 saturated heterocycles. The number of nitrogens with zero attached hydrogens (tertiary/aromatic N) is 2. The molecule has 1 amide bonds. The van der Waals surface area contributed by atoms with Crippen LogP contribution in [0.15, 0.2) is 23.0 Å². The number of nitro benzene ring substituents is 1. The Balaban J connectivity index is 2.34. The Bertz CT molecular complexity index is 823. The summed E-state index contributed by atoms with van der Waals surface area (Å²) in [5.41, 5.74) is 1.39. The highest BCUT2D eigenvalue weighted by Gasteiger charge is 2.26. The minimum atomic E-state index is -1.27. The number of carboxylic acid groups (broad SMARTS) is 1. The van der Waals surface area contributed by atoms with E-state index in [-0.39, 0.29) is 23.7 Å². The van der Waals surface area contributed by atoms with Crippen molar-refractivity contribution in [3.05, 3.63) is 44.4 Å².